The average Bonchev–Trinajstić information content (AvgIpc) is 3.18. The number of hydrogen-bond donors (Lipinski definition) is 2. The third-order valence-corrected chi connectivity index (χ3v) is 5.06. The van der Waals surface area contributed by atoms with Crippen molar-refractivity contribution in [2.24, 2.45) is 7.05 Å². The van der Waals surface area contributed by atoms with Crippen LogP contribution in [0.25, 0.3) is 0 Å². The molecule has 1 amide bonds. The van der Waals surface area contributed by atoms with Gasteiger partial charge in [0, 0.05) is 44.0 Å². The van der Waals surface area contributed by atoms with Crippen LogP contribution < -0.4 is 15.4 Å². The first-order valence-corrected chi connectivity index (χ1v) is 9.80. The van der Waals surface area contributed by atoms with E-state index in [1.54, 1.807) is 10.9 Å². The van der Waals surface area contributed by atoms with E-state index in [1.165, 1.54) is 0 Å². The second-order valence-electron chi connectivity index (χ2n) is 7.28. The number of nitrogens with one attached hydrogen (secondary N) is 2. The minimum Gasteiger partial charge on any atom is -0.487 e. The van der Waals surface area contributed by atoms with Gasteiger partial charge in [0.05, 0.1) is 17.9 Å². The highest BCUT2D eigenvalue weighted by Crippen LogP contribution is 2.24. The van der Waals surface area contributed by atoms with Crippen LogP contribution in [0.3, 0.4) is 0 Å². The highest BCUT2D eigenvalue weighted by Gasteiger charge is 2.30. The van der Waals surface area contributed by atoms with E-state index in [0.717, 1.165) is 29.0 Å². The van der Waals surface area contributed by atoms with Crippen LogP contribution in [0.2, 0.25) is 0 Å². The molecule has 1 saturated heterocycles. The summed E-state index contributed by atoms with van der Waals surface area (Å²) in [4.78, 5) is 16.2. The van der Waals surface area contributed by atoms with Crippen molar-refractivity contribution in [2.75, 3.05) is 0 Å². The van der Waals surface area contributed by atoms with Gasteiger partial charge in [0.1, 0.15) is 12.4 Å². The summed E-state index contributed by atoms with van der Waals surface area (Å²) in [6.45, 7) is 1.13. The fraction of sp³-hybridized carbons (Fsp3) is 0.318. The Kier molecular flexibility index (Phi) is 5.86. The number of amides is 1. The van der Waals surface area contributed by atoms with Gasteiger partial charge in [-0.1, -0.05) is 18.2 Å². The van der Waals surface area contributed by atoms with Gasteiger partial charge in [-0.05, 0) is 36.2 Å². The monoisotopic (exact) mass is 391 g/mol. The highest BCUT2D eigenvalue weighted by atomic mass is 16.5. The van der Waals surface area contributed by atoms with Crippen LogP contribution >= 0.6 is 0 Å². The fourth-order valence-electron chi connectivity index (χ4n) is 3.57. The van der Waals surface area contributed by atoms with Gasteiger partial charge in [-0.15, -0.1) is 0 Å². The summed E-state index contributed by atoms with van der Waals surface area (Å²) in [7, 11) is 1.88. The van der Waals surface area contributed by atoms with E-state index in [9.17, 15) is 4.79 Å². The van der Waals surface area contributed by atoms with Crippen molar-refractivity contribution in [3.8, 4) is 5.75 Å². The van der Waals surface area contributed by atoms with Crippen molar-refractivity contribution >= 4 is 5.91 Å². The van der Waals surface area contributed by atoms with Crippen LogP contribution in [-0.2, 0) is 25.0 Å². The number of ether oxygens (including phenoxy) is 1. The molecule has 1 aliphatic heterocycles. The summed E-state index contributed by atoms with van der Waals surface area (Å²) in [6, 6.07) is 13.9. The number of piperidine rings is 1. The maximum absolute atomic E-state index is 11.9. The summed E-state index contributed by atoms with van der Waals surface area (Å²) >= 11 is 0. The van der Waals surface area contributed by atoms with Gasteiger partial charge in [-0.3, -0.25) is 14.5 Å². The topological polar surface area (TPSA) is 81.1 Å². The largest absolute Gasteiger partial charge is 0.487 e. The van der Waals surface area contributed by atoms with E-state index in [0.29, 0.717) is 19.6 Å². The van der Waals surface area contributed by atoms with Gasteiger partial charge >= 0.3 is 0 Å². The normalized spacial score (nSPS) is 19.0. The molecule has 1 aromatic carbocycles. The molecule has 29 heavy (non-hydrogen) atoms. The van der Waals surface area contributed by atoms with Crippen molar-refractivity contribution < 1.29 is 9.53 Å². The Bertz CT molecular complexity index is 957. The fourth-order valence-corrected chi connectivity index (χ4v) is 3.57. The van der Waals surface area contributed by atoms with Crippen LogP contribution in [0.15, 0.2) is 61.1 Å². The zero-order valence-corrected chi connectivity index (χ0v) is 16.4. The summed E-state index contributed by atoms with van der Waals surface area (Å²) in [5.41, 5.74) is 3.05. The highest BCUT2D eigenvalue weighted by molar-refractivity contribution is 5.77. The second kappa shape index (κ2) is 8.87. The molecule has 1 fully saturated rings. The van der Waals surface area contributed by atoms with Crippen molar-refractivity contribution in [1.82, 2.24) is 25.4 Å². The van der Waals surface area contributed by atoms with Crippen LogP contribution in [-0.4, -0.2) is 26.7 Å². The molecule has 7 nitrogen and oxygen atoms in total. The molecule has 0 spiro atoms. The molecule has 0 unspecified atom stereocenters. The number of carbonyl (C=O) groups is 1. The third kappa shape index (κ3) is 5.00. The maximum atomic E-state index is 11.9. The smallest absolute Gasteiger partial charge is 0.220 e. The van der Waals surface area contributed by atoms with Gasteiger partial charge in [0.25, 0.3) is 0 Å². The SMILES string of the molecule is Cn1cc([C@@H]2NC(=O)CC[C@H]2NCc2cccc(OCc3ccccn3)c2)cn1. The first-order valence-electron chi connectivity index (χ1n) is 9.80. The third-order valence-electron chi connectivity index (χ3n) is 5.06. The van der Waals surface area contributed by atoms with Crippen LogP contribution in [0.5, 0.6) is 5.75 Å². The van der Waals surface area contributed by atoms with E-state index >= 15 is 0 Å². The van der Waals surface area contributed by atoms with E-state index in [2.05, 4.69) is 26.8 Å². The van der Waals surface area contributed by atoms with Gasteiger partial charge in [-0.25, -0.2) is 0 Å². The Balaban J connectivity index is 1.38. The summed E-state index contributed by atoms with van der Waals surface area (Å²) < 4.78 is 7.63. The number of rotatable bonds is 7. The average molecular weight is 391 g/mol. The minimum atomic E-state index is -0.0754. The predicted molar refractivity (Wildman–Crippen MR) is 109 cm³/mol. The molecule has 0 aliphatic carbocycles. The lowest BCUT2D eigenvalue weighted by molar-refractivity contribution is -0.123. The Morgan fingerprint density at radius 1 is 1.28 bits per heavy atom. The molecular weight excluding hydrogens is 366 g/mol. The Labute approximate surface area is 170 Å². The molecule has 4 rings (SSSR count). The Morgan fingerprint density at radius 3 is 3.00 bits per heavy atom. The van der Waals surface area contributed by atoms with Crippen molar-refractivity contribution in [3.05, 3.63) is 77.9 Å². The molecule has 3 heterocycles. The second-order valence-corrected chi connectivity index (χ2v) is 7.28. The first kappa shape index (κ1) is 19.1. The van der Waals surface area contributed by atoms with Crippen LogP contribution in [0.4, 0.5) is 0 Å². The van der Waals surface area contributed by atoms with Crippen LogP contribution in [0.1, 0.15) is 35.7 Å². The van der Waals surface area contributed by atoms with Gasteiger partial charge in [0.15, 0.2) is 0 Å². The number of aryl methyl sites for hydroxylation is 1. The van der Waals surface area contributed by atoms with Gasteiger partial charge in [0.2, 0.25) is 5.91 Å². The molecule has 2 N–H and O–H groups in total. The molecule has 0 saturated carbocycles. The van der Waals surface area contributed by atoms with Gasteiger partial charge < -0.3 is 15.4 Å². The lowest BCUT2D eigenvalue weighted by Gasteiger charge is -2.32. The summed E-state index contributed by atoms with van der Waals surface area (Å²) in [5.74, 6) is 0.900. The van der Waals surface area contributed by atoms with Crippen LogP contribution in [0, 0.1) is 0 Å². The number of nitrogens with zero attached hydrogens (tertiary/aromatic N) is 3. The molecule has 0 bridgehead atoms. The molecule has 0 radical (unpaired) electrons. The number of pyridine rings is 1. The molecule has 150 valence electrons. The standard InChI is InChI=1S/C22H25N5O2/c1-27-14-17(13-25-27)22-20(8-9-21(28)26-22)24-12-16-5-4-7-19(11-16)29-15-18-6-2-3-10-23-18/h2-7,10-11,13-14,20,22,24H,8-9,12,15H2,1H3,(H,26,28)/t20-,22+/m1/s1. The molecule has 3 aromatic rings. The number of benzene rings is 1. The van der Waals surface area contributed by atoms with E-state index in [4.69, 9.17) is 4.74 Å². The predicted octanol–water partition coefficient (Wildman–Crippen LogP) is 2.50. The van der Waals surface area contributed by atoms with E-state index < -0.39 is 0 Å². The maximum Gasteiger partial charge on any atom is 0.220 e. The lowest BCUT2D eigenvalue weighted by atomic mass is 9.93. The van der Waals surface area contributed by atoms with E-state index in [1.807, 2.05) is 55.8 Å². The van der Waals surface area contributed by atoms with Crippen molar-refractivity contribution in [3.63, 3.8) is 0 Å². The molecule has 1 aliphatic rings. The van der Waals surface area contributed by atoms with Gasteiger partial charge in [-0.2, -0.15) is 5.10 Å². The van der Waals surface area contributed by atoms with E-state index in [-0.39, 0.29) is 18.0 Å². The summed E-state index contributed by atoms with van der Waals surface area (Å²) in [6.07, 6.45) is 6.86. The molecule has 2 atom stereocenters. The Hall–Kier alpha value is -3.19. The molecule has 2 aromatic heterocycles. The molecule has 7 heteroatoms. The zero-order chi connectivity index (χ0) is 20.1. The molecular formula is C22H25N5O2. The number of aromatic nitrogens is 3. The minimum absolute atomic E-state index is 0.0754. The van der Waals surface area contributed by atoms with Crippen molar-refractivity contribution in [2.45, 2.75) is 38.1 Å². The quantitative estimate of drug-likeness (QED) is 0.647. The zero-order valence-electron chi connectivity index (χ0n) is 16.4. The lowest BCUT2D eigenvalue weighted by Crippen LogP contribution is -2.48. The van der Waals surface area contributed by atoms with Crippen molar-refractivity contribution in [1.29, 1.82) is 0 Å². The first-order chi connectivity index (χ1) is 14.2. The number of carbonyl (C=O) groups excluding carboxylic acids is 1. The summed E-state index contributed by atoms with van der Waals surface area (Å²) in [5, 5.41) is 10.9. The Morgan fingerprint density at radius 2 is 2.21 bits per heavy atom. The number of hydrogen-bond acceptors (Lipinski definition) is 5.